The largest absolute Gasteiger partial charge is 0.493 e. The van der Waals surface area contributed by atoms with Crippen LogP contribution in [0.5, 0.6) is 5.75 Å². The summed E-state index contributed by atoms with van der Waals surface area (Å²) in [7, 11) is 1.66. The van der Waals surface area contributed by atoms with Gasteiger partial charge < -0.3 is 15.0 Å². The lowest BCUT2D eigenvalue weighted by atomic mass is 10.1. The minimum Gasteiger partial charge on any atom is -0.493 e. The minimum atomic E-state index is -0.255. The minimum absolute atomic E-state index is 0.217. The zero-order valence-corrected chi connectivity index (χ0v) is 19.2. The van der Waals surface area contributed by atoms with Gasteiger partial charge in [0, 0.05) is 18.1 Å². The Morgan fingerprint density at radius 1 is 0.968 bits per heavy atom. The number of halogens is 1. The van der Waals surface area contributed by atoms with Gasteiger partial charge in [-0.1, -0.05) is 58.4 Å². The highest BCUT2D eigenvalue weighted by molar-refractivity contribution is 9.10. The topological polar surface area (TPSA) is 58.6 Å². The van der Waals surface area contributed by atoms with Gasteiger partial charge in [0.15, 0.2) is 0 Å². The van der Waals surface area contributed by atoms with Crippen molar-refractivity contribution in [2.24, 2.45) is 0 Å². The van der Waals surface area contributed by atoms with E-state index in [1.807, 2.05) is 49.4 Å². The van der Waals surface area contributed by atoms with E-state index in [2.05, 4.69) is 21.2 Å². The van der Waals surface area contributed by atoms with Crippen LogP contribution in [0.25, 0.3) is 0 Å². The standard InChI is InChI=1S/C25H25BrN2O3/c1-3-31-23-14-13-19(26)17-21(23)25(30)28(2)22-12-8-7-11-20(22)24(29)27-16-15-18-9-5-4-6-10-18/h4-14,17H,3,15-16H2,1-2H3,(H,27,29). The maximum absolute atomic E-state index is 13.3. The first-order valence-electron chi connectivity index (χ1n) is 10.1. The number of carbonyl (C=O) groups is 2. The summed E-state index contributed by atoms with van der Waals surface area (Å²) in [6, 6.07) is 22.4. The van der Waals surface area contributed by atoms with E-state index in [9.17, 15) is 9.59 Å². The van der Waals surface area contributed by atoms with Gasteiger partial charge in [-0.25, -0.2) is 0 Å². The molecule has 31 heavy (non-hydrogen) atoms. The van der Waals surface area contributed by atoms with Gasteiger partial charge in [0.25, 0.3) is 11.8 Å². The molecule has 0 spiro atoms. The second-order valence-electron chi connectivity index (χ2n) is 6.95. The monoisotopic (exact) mass is 480 g/mol. The van der Waals surface area contributed by atoms with Crippen LogP contribution < -0.4 is 15.0 Å². The molecular formula is C25H25BrN2O3. The number of rotatable bonds is 8. The third kappa shape index (κ3) is 5.73. The first-order valence-corrected chi connectivity index (χ1v) is 10.9. The van der Waals surface area contributed by atoms with Crippen LogP contribution in [0, 0.1) is 0 Å². The number of para-hydroxylation sites is 1. The first kappa shape index (κ1) is 22.6. The molecule has 6 heteroatoms. The van der Waals surface area contributed by atoms with E-state index < -0.39 is 0 Å². The number of anilines is 1. The van der Waals surface area contributed by atoms with Crippen LogP contribution in [0.15, 0.2) is 77.3 Å². The average molecular weight is 481 g/mol. The fourth-order valence-electron chi connectivity index (χ4n) is 3.26. The Bertz CT molecular complexity index is 1050. The molecule has 2 amide bonds. The van der Waals surface area contributed by atoms with Crippen molar-refractivity contribution < 1.29 is 14.3 Å². The molecule has 3 aromatic rings. The van der Waals surface area contributed by atoms with E-state index in [-0.39, 0.29) is 11.8 Å². The summed E-state index contributed by atoms with van der Waals surface area (Å²) in [5.74, 6) is 0.0343. The first-order chi connectivity index (χ1) is 15.0. The Labute approximate surface area is 191 Å². The van der Waals surface area contributed by atoms with Crippen molar-refractivity contribution in [2.75, 3.05) is 25.1 Å². The summed E-state index contributed by atoms with van der Waals surface area (Å²) in [6.45, 7) is 2.83. The van der Waals surface area contributed by atoms with Gasteiger partial charge in [0.1, 0.15) is 5.75 Å². The van der Waals surface area contributed by atoms with E-state index in [0.29, 0.717) is 35.7 Å². The molecule has 0 atom stereocenters. The van der Waals surface area contributed by atoms with Crippen molar-refractivity contribution in [2.45, 2.75) is 13.3 Å². The van der Waals surface area contributed by atoms with E-state index in [0.717, 1.165) is 16.5 Å². The molecule has 3 rings (SSSR count). The number of hydrogen-bond donors (Lipinski definition) is 1. The highest BCUT2D eigenvalue weighted by Crippen LogP contribution is 2.27. The SMILES string of the molecule is CCOc1ccc(Br)cc1C(=O)N(C)c1ccccc1C(=O)NCCc1ccccc1. The van der Waals surface area contributed by atoms with Gasteiger partial charge in [-0.15, -0.1) is 0 Å². The molecule has 1 N–H and O–H groups in total. The summed E-state index contributed by atoms with van der Waals surface area (Å²) in [4.78, 5) is 27.6. The lowest BCUT2D eigenvalue weighted by Crippen LogP contribution is -2.31. The normalized spacial score (nSPS) is 10.4. The van der Waals surface area contributed by atoms with Crippen LogP contribution in [0.2, 0.25) is 0 Å². The number of hydrogen-bond acceptors (Lipinski definition) is 3. The Balaban J connectivity index is 1.78. The Morgan fingerprint density at radius 2 is 1.68 bits per heavy atom. The molecule has 5 nitrogen and oxygen atoms in total. The van der Waals surface area contributed by atoms with Gasteiger partial charge in [0.05, 0.1) is 23.4 Å². The van der Waals surface area contributed by atoms with Crippen LogP contribution in [0.4, 0.5) is 5.69 Å². The molecule has 0 heterocycles. The van der Waals surface area contributed by atoms with Crippen LogP contribution in [-0.4, -0.2) is 32.0 Å². The lowest BCUT2D eigenvalue weighted by Gasteiger charge is -2.22. The van der Waals surface area contributed by atoms with Gasteiger partial charge in [-0.3, -0.25) is 9.59 Å². The number of ether oxygens (including phenoxy) is 1. The number of benzene rings is 3. The Kier molecular flexibility index (Phi) is 7.84. The van der Waals surface area contributed by atoms with Crippen molar-refractivity contribution in [3.63, 3.8) is 0 Å². The summed E-state index contributed by atoms with van der Waals surface area (Å²) in [5.41, 5.74) is 2.56. The Hall–Kier alpha value is -3.12. The van der Waals surface area contributed by atoms with Crippen molar-refractivity contribution in [3.8, 4) is 5.75 Å². The van der Waals surface area contributed by atoms with E-state index in [4.69, 9.17) is 4.74 Å². The second kappa shape index (κ2) is 10.8. The summed E-state index contributed by atoms with van der Waals surface area (Å²) >= 11 is 3.42. The zero-order chi connectivity index (χ0) is 22.2. The molecule has 0 unspecified atom stereocenters. The van der Waals surface area contributed by atoms with Gasteiger partial charge in [-0.2, -0.15) is 0 Å². The molecular weight excluding hydrogens is 456 g/mol. The molecule has 0 aliphatic carbocycles. The van der Waals surface area contributed by atoms with Crippen molar-refractivity contribution in [1.29, 1.82) is 0 Å². The quantitative estimate of drug-likeness (QED) is 0.487. The van der Waals surface area contributed by atoms with E-state index in [1.54, 1.807) is 37.4 Å². The molecule has 0 fully saturated rings. The van der Waals surface area contributed by atoms with Crippen LogP contribution in [0.3, 0.4) is 0 Å². The van der Waals surface area contributed by atoms with Crippen molar-refractivity contribution >= 4 is 33.4 Å². The number of carbonyl (C=O) groups excluding carboxylic acids is 2. The summed E-state index contributed by atoms with van der Waals surface area (Å²) in [5, 5.41) is 2.95. The van der Waals surface area contributed by atoms with Crippen molar-refractivity contribution in [3.05, 3.63) is 94.0 Å². The highest BCUT2D eigenvalue weighted by Gasteiger charge is 2.22. The predicted octanol–water partition coefficient (Wildman–Crippen LogP) is 5.10. The van der Waals surface area contributed by atoms with Crippen LogP contribution >= 0.6 is 15.9 Å². The van der Waals surface area contributed by atoms with E-state index >= 15 is 0 Å². The smallest absolute Gasteiger partial charge is 0.261 e. The van der Waals surface area contributed by atoms with Gasteiger partial charge >= 0.3 is 0 Å². The molecule has 0 saturated heterocycles. The third-order valence-corrected chi connectivity index (χ3v) is 5.32. The molecule has 160 valence electrons. The fourth-order valence-corrected chi connectivity index (χ4v) is 3.62. The number of nitrogens with zero attached hydrogens (tertiary/aromatic N) is 1. The maximum atomic E-state index is 13.3. The molecule has 0 aliphatic rings. The summed E-state index contributed by atoms with van der Waals surface area (Å²) in [6.07, 6.45) is 0.735. The van der Waals surface area contributed by atoms with E-state index in [1.165, 1.54) is 4.90 Å². The molecule has 3 aromatic carbocycles. The number of amides is 2. The molecule has 0 bridgehead atoms. The molecule has 0 radical (unpaired) electrons. The van der Waals surface area contributed by atoms with Gasteiger partial charge in [0.2, 0.25) is 0 Å². The Morgan fingerprint density at radius 3 is 2.42 bits per heavy atom. The van der Waals surface area contributed by atoms with Crippen LogP contribution in [-0.2, 0) is 6.42 Å². The fraction of sp³-hybridized carbons (Fsp3) is 0.200. The zero-order valence-electron chi connectivity index (χ0n) is 17.6. The molecule has 0 aliphatic heterocycles. The number of nitrogens with one attached hydrogen (secondary N) is 1. The summed E-state index contributed by atoms with van der Waals surface area (Å²) < 4.78 is 6.40. The average Bonchev–Trinajstić information content (AvgIpc) is 2.80. The second-order valence-corrected chi connectivity index (χ2v) is 7.86. The maximum Gasteiger partial charge on any atom is 0.261 e. The van der Waals surface area contributed by atoms with Gasteiger partial charge in [-0.05, 0) is 49.2 Å². The predicted molar refractivity (Wildman–Crippen MR) is 127 cm³/mol. The molecule has 0 saturated carbocycles. The third-order valence-electron chi connectivity index (χ3n) is 4.83. The molecule has 0 aromatic heterocycles. The highest BCUT2D eigenvalue weighted by atomic mass is 79.9. The van der Waals surface area contributed by atoms with Crippen molar-refractivity contribution in [1.82, 2.24) is 5.32 Å². The van der Waals surface area contributed by atoms with Crippen LogP contribution in [0.1, 0.15) is 33.2 Å². The lowest BCUT2D eigenvalue weighted by molar-refractivity contribution is 0.0954.